The maximum Gasteiger partial charge on any atom is 0.251 e. The molecule has 0 saturated carbocycles. The van der Waals surface area contributed by atoms with Gasteiger partial charge in [-0.15, -0.1) is 11.6 Å². The molecule has 0 bridgehead atoms. The molecule has 100 valence electrons. The highest BCUT2D eigenvalue weighted by atomic mass is 35.5. The normalized spacial score (nSPS) is 14.1. The van der Waals surface area contributed by atoms with Gasteiger partial charge < -0.3 is 5.32 Å². The highest BCUT2D eigenvalue weighted by Crippen LogP contribution is 2.17. The Bertz CT molecular complexity index is 419. The molecular formula is C13H16ClF2NO. The Labute approximate surface area is 110 Å². The predicted molar refractivity (Wildman–Crippen MR) is 67.9 cm³/mol. The number of hydrogen-bond acceptors (Lipinski definition) is 1. The maximum absolute atomic E-state index is 13.0. The molecule has 1 rings (SSSR count). The lowest BCUT2D eigenvalue weighted by molar-refractivity contribution is 0.0900. The molecule has 18 heavy (non-hydrogen) atoms. The number of hydrogen-bond donors (Lipinski definition) is 1. The van der Waals surface area contributed by atoms with Crippen molar-refractivity contribution in [2.45, 2.75) is 32.2 Å². The highest BCUT2D eigenvalue weighted by molar-refractivity contribution is 6.17. The zero-order valence-corrected chi connectivity index (χ0v) is 11.2. The van der Waals surface area contributed by atoms with Gasteiger partial charge in [0.15, 0.2) is 0 Å². The molecule has 1 aromatic rings. The summed E-state index contributed by atoms with van der Waals surface area (Å²) in [6.45, 7) is 3.77. The number of amides is 1. The third-order valence-electron chi connectivity index (χ3n) is 2.97. The average molecular weight is 276 g/mol. The van der Waals surface area contributed by atoms with Crippen LogP contribution in [0.2, 0.25) is 0 Å². The van der Waals surface area contributed by atoms with Crippen molar-refractivity contribution in [2.75, 3.05) is 5.88 Å². The molecule has 1 atom stereocenters. The van der Waals surface area contributed by atoms with Crippen LogP contribution < -0.4 is 5.32 Å². The molecule has 1 amide bonds. The minimum absolute atomic E-state index is 0.0262. The van der Waals surface area contributed by atoms with E-state index in [1.807, 2.05) is 13.8 Å². The molecule has 0 aliphatic carbocycles. The van der Waals surface area contributed by atoms with E-state index in [1.165, 1.54) is 0 Å². The topological polar surface area (TPSA) is 29.1 Å². The highest BCUT2D eigenvalue weighted by Gasteiger charge is 2.24. The van der Waals surface area contributed by atoms with Gasteiger partial charge in [-0.1, -0.05) is 6.92 Å². The fraction of sp³-hybridized carbons (Fsp3) is 0.462. The van der Waals surface area contributed by atoms with Gasteiger partial charge in [0, 0.05) is 23.0 Å². The monoisotopic (exact) mass is 275 g/mol. The predicted octanol–water partition coefficient (Wildman–Crippen LogP) is 3.49. The second-order valence-corrected chi connectivity index (χ2v) is 4.84. The van der Waals surface area contributed by atoms with E-state index >= 15 is 0 Å². The molecule has 0 fully saturated rings. The van der Waals surface area contributed by atoms with Crippen LogP contribution in [-0.4, -0.2) is 17.3 Å². The van der Waals surface area contributed by atoms with Gasteiger partial charge in [-0.05, 0) is 31.9 Å². The fourth-order valence-corrected chi connectivity index (χ4v) is 1.98. The van der Waals surface area contributed by atoms with Crippen LogP contribution in [0.4, 0.5) is 8.78 Å². The Morgan fingerprint density at radius 2 is 1.89 bits per heavy atom. The first kappa shape index (κ1) is 14.9. The van der Waals surface area contributed by atoms with Crippen LogP contribution >= 0.6 is 11.6 Å². The Balaban J connectivity index is 2.87. The number of rotatable bonds is 5. The van der Waals surface area contributed by atoms with E-state index in [-0.39, 0.29) is 5.56 Å². The van der Waals surface area contributed by atoms with Gasteiger partial charge in [0.2, 0.25) is 0 Å². The van der Waals surface area contributed by atoms with Crippen molar-refractivity contribution in [3.8, 4) is 0 Å². The molecule has 5 heteroatoms. The summed E-state index contributed by atoms with van der Waals surface area (Å²) >= 11 is 5.67. The van der Waals surface area contributed by atoms with Crippen molar-refractivity contribution in [2.24, 2.45) is 0 Å². The van der Waals surface area contributed by atoms with E-state index in [2.05, 4.69) is 5.32 Å². The van der Waals surface area contributed by atoms with Gasteiger partial charge in [-0.2, -0.15) is 0 Å². The fourth-order valence-electron chi connectivity index (χ4n) is 1.57. The zero-order valence-electron chi connectivity index (χ0n) is 10.4. The lowest BCUT2D eigenvalue weighted by Crippen LogP contribution is -2.45. The molecule has 0 radical (unpaired) electrons. The molecule has 0 aliphatic heterocycles. The minimum atomic E-state index is -0.768. The molecule has 1 N–H and O–H groups in total. The largest absolute Gasteiger partial charge is 0.347 e. The Morgan fingerprint density at radius 1 is 1.33 bits per heavy atom. The smallest absolute Gasteiger partial charge is 0.251 e. The first-order valence-electron chi connectivity index (χ1n) is 5.75. The van der Waals surface area contributed by atoms with Crippen LogP contribution in [0, 0.1) is 11.6 Å². The van der Waals surface area contributed by atoms with E-state index in [0.29, 0.717) is 18.7 Å². The van der Waals surface area contributed by atoms with Crippen molar-refractivity contribution < 1.29 is 13.6 Å². The molecule has 0 aromatic heterocycles. The number of carbonyl (C=O) groups excluding carboxylic acids is 1. The van der Waals surface area contributed by atoms with Crippen molar-refractivity contribution in [3.05, 3.63) is 35.4 Å². The lowest BCUT2D eigenvalue weighted by atomic mass is 9.95. The van der Waals surface area contributed by atoms with E-state index in [0.717, 1.165) is 18.2 Å². The second-order valence-electron chi connectivity index (χ2n) is 4.47. The van der Waals surface area contributed by atoms with Gasteiger partial charge in [0.25, 0.3) is 5.91 Å². The Hall–Kier alpha value is -1.16. The summed E-state index contributed by atoms with van der Waals surface area (Å²) in [6, 6.07) is 2.75. The summed E-state index contributed by atoms with van der Waals surface area (Å²) in [5, 5.41) is 2.76. The number of carbonyl (C=O) groups is 1. The van der Waals surface area contributed by atoms with Gasteiger partial charge in [0.1, 0.15) is 11.6 Å². The third-order valence-corrected chi connectivity index (χ3v) is 3.16. The zero-order chi connectivity index (χ0) is 13.8. The molecule has 1 unspecified atom stereocenters. The van der Waals surface area contributed by atoms with Crippen molar-refractivity contribution in [1.82, 2.24) is 5.32 Å². The molecule has 1 aromatic carbocycles. The first-order valence-corrected chi connectivity index (χ1v) is 6.28. The van der Waals surface area contributed by atoms with Crippen LogP contribution in [0.1, 0.15) is 37.0 Å². The Morgan fingerprint density at radius 3 is 2.33 bits per heavy atom. The quantitative estimate of drug-likeness (QED) is 0.819. The van der Waals surface area contributed by atoms with Gasteiger partial charge in [-0.3, -0.25) is 4.79 Å². The number of halogens is 3. The Kier molecular flexibility index (Phi) is 5.08. The standard InChI is InChI=1S/C13H16ClF2NO/c1-3-13(2,4-5-14)17-12(18)9-6-10(15)8-11(16)7-9/h6-8H,3-5H2,1-2H3,(H,17,18). The van der Waals surface area contributed by atoms with Crippen LogP contribution in [-0.2, 0) is 0 Å². The molecule has 2 nitrogen and oxygen atoms in total. The van der Waals surface area contributed by atoms with Crippen molar-refractivity contribution in [3.63, 3.8) is 0 Å². The van der Waals surface area contributed by atoms with Crippen molar-refractivity contribution in [1.29, 1.82) is 0 Å². The molecule has 0 heterocycles. The number of alkyl halides is 1. The molecule has 0 spiro atoms. The number of benzene rings is 1. The minimum Gasteiger partial charge on any atom is -0.347 e. The van der Waals surface area contributed by atoms with Crippen LogP contribution in [0.3, 0.4) is 0 Å². The molecular weight excluding hydrogens is 260 g/mol. The van der Waals surface area contributed by atoms with Crippen LogP contribution in [0.15, 0.2) is 18.2 Å². The second kappa shape index (κ2) is 6.14. The third kappa shape index (κ3) is 3.95. The van der Waals surface area contributed by atoms with E-state index in [9.17, 15) is 13.6 Å². The first-order chi connectivity index (χ1) is 8.40. The van der Waals surface area contributed by atoms with Crippen molar-refractivity contribution >= 4 is 17.5 Å². The van der Waals surface area contributed by atoms with Gasteiger partial charge in [-0.25, -0.2) is 8.78 Å². The van der Waals surface area contributed by atoms with Crippen LogP contribution in [0.25, 0.3) is 0 Å². The van der Waals surface area contributed by atoms with Gasteiger partial charge in [0.05, 0.1) is 0 Å². The average Bonchev–Trinajstić information content (AvgIpc) is 2.28. The SMILES string of the molecule is CCC(C)(CCCl)NC(=O)c1cc(F)cc(F)c1. The van der Waals surface area contributed by atoms with Gasteiger partial charge >= 0.3 is 0 Å². The van der Waals surface area contributed by atoms with E-state index in [4.69, 9.17) is 11.6 Å². The lowest BCUT2D eigenvalue weighted by Gasteiger charge is -2.29. The molecule has 0 aliphatic rings. The van der Waals surface area contributed by atoms with E-state index < -0.39 is 23.1 Å². The van der Waals surface area contributed by atoms with E-state index in [1.54, 1.807) is 0 Å². The maximum atomic E-state index is 13.0. The molecule has 0 saturated heterocycles. The summed E-state index contributed by atoms with van der Waals surface area (Å²) in [7, 11) is 0. The summed E-state index contributed by atoms with van der Waals surface area (Å²) in [5.74, 6) is -1.63. The summed E-state index contributed by atoms with van der Waals surface area (Å²) in [4.78, 5) is 11.9. The summed E-state index contributed by atoms with van der Waals surface area (Å²) in [5.41, 5.74) is -0.497. The number of nitrogens with one attached hydrogen (secondary N) is 1. The summed E-state index contributed by atoms with van der Waals surface area (Å²) in [6.07, 6.45) is 1.28. The van der Waals surface area contributed by atoms with Crippen LogP contribution in [0.5, 0.6) is 0 Å². The summed E-state index contributed by atoms with van der Waals surface area (Å²) < 4.78 is 26.0.